The summed E-state index contributed by atoms with van der Waals surface area (Å²) in [5, 5.41) is 4.22. The van der Waals surface area contributed by atoms with Crippen LogP contribution in [0.4, 0.5) is 23.1 Å². The van der Waals surface area contributed by atoms with Gasteiger partial charge in [-0.3, -0.25) is 0 Å². The van der Waals surface area contributed by atoms with E-state index < -0.39 is 9.84 Å². The third-order valence-corrected chi connectivity index (χ3v) is 10.2. The zero-order valence-corrected chi connectivity index (χ0v) is 27.2. The van der Waals surface area contributed by atoms with Crippen molar-refractivity contribution in [1.29, 1.82) is 0 Å². The number of piperidine rings is 2. The van der Waals surface area contributed by atoms with Gasteiger partial charge in [0.2, 0.25) is 17.7 Å². The van der Waals surface area contributed by atoms with E-state index in [-0.39, 0.29) is 12.0 Å². The highest BCUT2D eigenvalue weighted by Crippen LogP contribution is 2.36. The molecule has 0 amide bonds. The molecule has 0 N–H and O–H groups in total. The van der Waals surface area contributed by atoms with Gasteiger partial charge in [0.25, 0.3) is 0 Å². The first kappa shape index (κ1) is 30.3. The Balaban J connectivity index is 0.910. The van der Waals surface area contributed by atoms with E-state index in [2.05, 4.69) is 48.7 Å². The van der Waals surface area contributed by atoms with Crippen molar-refractivity contribution in [3.63, 3.8) is 0 Å². The second kappa shape index (κ2) is 12.5. The van der Waals surface area contributed by atoms with Gasteiger partial charge in [-0.05, 0) is 43.0 Å². The maximum Gasteiger partial charge on any atom is 0.229 e. The van der Waals surface area contributed by atoms with Crippen molar-refractivity contribution in [2.75, 3.05) is 53.7 Å². The van der Waals surface area contributed by atoms with Crippen molar-refractivity contribution >= 4 is 33.0 Å². The molecule has 0 unspecified atom stereocenters. The van der Waals surface area contributed by atoms with Gasteiger partial charge in [-0.15, -0.1) is 0 Å². The minimum atomic E-state index is -3.25. The second-order valence-electron chi connectivity index (χ2n) is 12.6. The van der Waals surface area contributed by atoms with E-state index in [0.717, 1.165) is 92.8 Å². The fraction of sp³-hybridized carbons (Fsp3) is 0.500. The monoisotopic (exact) mass is 645 g/mol. The third-order valence-electron chi connectivity index (χ3n) is 9.09. The molecule has 0 bridgehead atoms. The number of benzene rings is 1. The predicted octanol–water partition coefficient (Wildman–Crippen LogP) is 4.30. The van der Waals surface area contributed by atoms with Gasteiger partial charge < -0.3 is 24.0 Å². The quantitative estimate of drug-likeness (QED) is 0.269. The molecule has 2 saturated heterocycles. The van der Waals surface area contributed by atoms with Crippen LogP contribution in [0.3, 0.4) is 0 Å². The summed E-state index contributed by atoms with van der Waals surface area (Å²) < 4.78 is 35.7. The van der Waals surface area contributed by atoms with Gasteiger partial charge in [-0.2, -0.15) is 4.98 Å². The van der Waals surface area contributed by atoms with E-state index >= 15 is 0 Å². The zero-order chi connectivity index (χ0) is 31.8. The molecular formula is C32H39N9O4S. The number of hydrogen-bond acceptors (Lipinski definition) is 13. The Hall–Kier alpha value is -4.33. The molecule has 6 heterocycles. The summed E-state index contributed by atoms with van der Waals surface area (Å²) in [6.45, 7) is 8.23. The van der Waals surface area contributed by atoms with E-state index in [1.807, 2.05) is 24.5 Å². The maximum absolute atomic E-state index is 12.0. The first-order valence-corrected chi connectivity index (χ1v) is 17.8. The van der Waals surface area contributed by atoms with Crippen molar-refractivity contribution in [1.82, 2.24) is 30.1 Å². The van der Waals surface area contributed by atoms with Crippen LogP contribution in [-0.4, -0.2) is 83.6 Å². The van der Waals surface area contributed by atoms with Crippen LogP contribution in [0.5, 0.6) is 5.88 Å². The number of rotatable bonds is 8. The Labute approximate surface area is 269 Å². The van der Waals surface area contributed by atoms with Crippen molar-refractivity contribution in [3.8, 4) is 5.88 Å². The standard InChI is InChI=1S/C32H39N9O4S/c1-21(2)31-37-30(38-45-31)22-6-11-39(12-7-22)24-18-33-32(34-19-24)40-13-9-25(10-14-40)44-29-17-28(35-20-36-29)41-15-8-23-16-26(46(3,42)43)4-5-27(23)41/h4-5,16-22,25H,6-15H2,1-3H3. The first-order valence-electron chi connectivity index (χ1n) is 16.0. The Morgan fingerprint density at radius 1 is 0.913 bits per heavy atom. The van der Waals surface area contributed by atoms with Crippen molar-refractivity contribution < 1.29 is 17.7 Å². The van der Waals surface area contributed by atoms with E-state index in [1.54, 1.807) is 12.1 Å². The zero-order valence-electron chi connectivity index (χ0n) is 26.4. The largest absolute Gasteiger partial charge is 0.474 e. The Morgan fingerprint density at radius 2 is 1.65 bits per heavy atom. The highest BCUT2D eigenvalue weighted by molar-refractivity contribution is 7.90. The van der Waals surface area contributed by atoms with E-state index in [1.165, 1.54) is 12.6 Å². The van der Waals surface area contributed by atoms with E-state index in [9.17, 15) is 8.42 Å². The third kappa shape index (κ3) is 6.35. The van der Waals surface area contributed by atoms with Gasteiger partial charge in [-0.25, -0.2) is 28.4 Å². The van der Waals surface area contributed by atoms with E-state index in [0.29, 0.717) is 29.1 Å². The predicted molar refractivity (Wildman–Crippen MR) is 173 cm³/mol. The molecule has 2 fully saturated rings. The average molecular weight is 646 g/mol. The Bertz CT molecular complexity index is 1780. The molecular weight excluding hydrogens is 606 g/mol. The van der Waals surface area contributed by atoms with Gasteiger partial charge in [-0.1, -0.05) is 19.0 Å². The van der Waals surface area contributed by atoms with Crippen LogP contribution in [-0.2, 0) is 16.3 Å². The smallest absolute Gasteiger partial charge is 0.229 e. The highest BCUT2D eigenvalue weighted by Gasteiger charge is 2.28. The van der Waals surface area contributed by atoms with Crippen LogP contribution in [0.2, 0.25) is 0 Å². The summed E-state index contributed by atoms with van der Waals surface area (Å²) in [5.74, 6) is 4.10. The normalized spacial score (nSPS) is 18.0. The summed E-state index contributed by atoms with van der Waals surface area (Å²) >= 11 is 0. The molecule has 7 rings (SSSR count). The Morgan fingerprint density at radius 3 is 2.35 bits per heavy atom. The number of aromatic nitrogens is 6. The Kier molecular flexibility index (Phi) is 8.22. The van der Waals surface area contributed by atoms with Crippen LogP contribution in [0.1, 0.15) is 68.6 Å². The molecule has 0 saturated carbocycles. The minimum absolute atomic E-state index is 0.0265. The molecule has 0 aliphatic carbocycles. The van der Waals surface area contributed by atoms with Crippen LogP contribution < -0.4 is 19.4 Å². The number of nitrogens with zero attached hydrogens (tertiary/aromatic N) is 9. The molecule has 242 valence electrons. The number of ether oxygens (including phenoxy) is 1. The van der Waals surface area contributed by atoms with Gasteiger partial charge in [0.05, 0.1) is 23.0 Å². The second-order valence-corrected chi connectivity index (χ2v) is 14.6. The van der Waals surface area contributed by atoms with Crippen LogP contribution >= 0.6 is 0 Å². The fourth-order valence-electron chi connectivity index (χ4n) is 6.42. The molecule has 1 aromatic carbocycles. The molecule has 14 heteroatoms. The van der Waals surface area contributed by atoms with Crippen molar-refractivity contribution in [2.45, 2.75) is 68.8 Å². The van der Waals surface area contributed by atoms with Crippen LogP contribution in [0.15, 0.2) is 52.4 Å². The summed E-state index contributed by atoms with van der Waals surface area (Å²) in [6.07, 6.45) is 11.0. The lowest BCUT2D eigenvalue weighted by atomic mass is 9.96. The molecule has 0 radical (unpaired) electrons. The molecule has 46 heavy (non-hydrogen) atoms. The average Bonchev–Trinajstić information content (AvgIpc) is 3.73. The van der Waals surface area contributed by atoms with Gasteiger partial charge in [0.15, 0.2) is 15.7 Å². The van der Waals surface area contributed by atoms with Crippen molar-refractivity contribution in [2.24, 2.45) is 0 Å². The summed E-state index contributed by atoms with van der Waals surface area (Å²) in [4.78, 5) is 29.8. The molecule has 0 spiro atoms. The fourth-order valence-corrected chi connectivity index (χ4v) is 7.09. The molecule has 0 atom stereocenters. The number of sulfone groups is 1. The minimum Gasteiger partial charge on any atom is -0.474 e. The van der Waals surface area contributed by atoms with Gasteiger partial charge >= 0.3 is 0 Å². The van der Waals surface area contributed by atoms with Gasteiger partial charge in [0, 0.05) is 75.4 Å². The lowest BCUT2D eigenvalue weighted by molar-refractivity contribution is 0.163. The molecule has 3 aromatic heterocycles. The van der Waals surface area contributed by atoms with Crippen molar-refractivity contribution in [3.05, 3.63) is 60.3 Å². The van der Waals surface area contributed by atoms with Gasteiger partial charge in [0.1, 0.15) is 18.2 Å². The first-order chi connectivity index (χ1) is 22.2. The summed E-state index contributed by atoms with van der Waals surface area (Å²) in [5.41, 5.74) is 2.99. The summed E-state index contributed by atoms with van der Waals surface area (Å²) in [6, 6.07) is 7.13. The number of hydrogen-bond donors (Lipinski definition) is 0. The SMILES string of the molecule is CC(C)c1nc(C2CCN(c3cnc(N4CCC(Oc5cc(N6CCc7cc(S(C)(=O)=O)ccc76)ncn5)CC4)nc3)CC2)no1. The maximum atomic E-state index is 12.0. The molecule has 3 aliphatic rings. The number of fused-ring (bicyclic) bond motifs is 1. The number of anilines is 4. The summed E-state index contributed by atoms with van der Waals surface area (Å²) in [7, 11) is -3.25. The molecule has 13 nitrogen and oxygen atoms in total. The highest BCUT2D eigenvalue weighted by atomic mass is 32.2. The topological polar surface area (TPSA) is 144 Å². The molecule has 4 aromatic rings. The van der Waals surface area contributed by atoms with E-state index in [4.69, 9.17) is 19.2 Å². The molecule has 3 aliphatic heterocycles. The lowest BCUT2D eigenvalue weighted by Gasteiger charge is -2.33. The van der Waals surface area contributed by atoms with Crippen LogP contribution in [0, 0.1) is 0 Å². The van der Waals surface area contributed by atoms with Crippen LogP contribution in [0.25, 0.3) is 0 Å². The lowest BCUT2D eigenvalue weighted by Crippen LogP contribution is -2.39.